The number of nitrogens with zero attached hydrogens (tertiary/aromatic N) is 3. The molecule has 1 aromatic heterocycles. The van der Waals surface area contributed by atoms with Crippen LogP contribution < -0.4 is 0 Å². The summed E-state index contributed by atoms with van der Waals surface area (Å²) < 4.78 is 2.07. The molecule has 3 nitrogen and oxygen atoms in total. The summed E-state index contributed by atoms with van der Waals surface area (Å²) in [4.78, 5) is 0. The fraction of sp³-hybridized carbons (Fsp3) is 0.263. The number of hydrogen-bond acceptors (Lipinski definition) is 2. The summed E-state index contributed by atoms with van der Waals surface area (Å²) in [6.07, 6.45) is 0. The van der Waals surface area contributed by atoms with Gasteiger partial charge in [-0.2, -0.15) is 5.10 Å². The van der Waals surface area contributed by atoms with Crippen molar-refractivity contribution in [2.45, 2.75) is 33.1 Å². The summed E-state index contributed by atoms with van der Waals surface area (Å²) in [7, 11) is 0. The van der Waals surface area contributed by atoms with E-state index in [1.54, 1.807) is 0 Å². The molecule has 3 aromatic rings. The normalized spacial score (nSPS) is 11.1. The van der Waals surface area contributed by atoms with Gasteiger partial charge in [-0.25, -0.2) is 0 Å². The van der Waals surface area contributed by atoms with E-state index in [4.69, 9.17) is 0 Å². The Bertz CT molecular complexity index is 769. The van der Waals surface area contributed by atoms with E-state index in [0.29, 0.717) is 0 Å². The zero-order valence-electron chi connectivity index (χ0n) is 13.8. The molecular weight excluding hydrogens is 462 g/mol. The van der Waals surface area contributed by atoms with Crippen LogP contribution in [-0.2, 0) is 25.5 Å². The van der Waals surface area contributed by atoms with Gasteiger partial charge in [0.25, 0.3) is 0 Å². The minimum atomic E-state index is 0. The Morgan fingerprint density at radius 3 is 2.22 bits per heavy atom. The van der Waals surface area contributed by atoms with Gasteiger partial charge in [0.05, 0.1) is 5.82 Å². The topological polar surface area (TPSA) is 30.7 Å². The Balaban J connectivity index is 0.00000192. The third-order valence-corrected chi connectivity index (χ3v) is 3.77. The standard InChI is InChI=1S/C19H20N3.Ir/c1-14-20-21-18(15-8-6-5-7-9-15)22(14)17-12-10-16(11-13-17)19(2,3)4;/h5-8,10-13H,1-4H3;/q-1;. The summed E-state index contributed by atoms with van der Waals surface area (Å²) in [6.45, 7) is 8.63. The first kappa shape index (κ1) is 17.6. The van der Waals surface area contributed by atoms with Crippen LogP contribution in [0.5, 0.6) is 0 Å². The average Bonchev–Trinajstić information content (AvgIpc) is 2.89. The molecule has 0 aliphatic heterocycles. The van der Waals surface area contributed by atoms with Crippen molar-refractivity contribution in [3.05, 3.63) is 66.0 Å². The maximum absolute atomic E-state index is 4.32. The quantitative estimate of drug-likeness (QED) is 0.509. The Morgan fingerprint density at radius 2 is 1.65 bits per heavy atom. The van der Waals surface area contributed by atoms with Crippen molar-refractivity contribution in [3.8, 4) is 17.1 Å². The fourth-order valence-electron chi connectivity index (χ4n) is 2.49. The van der Waals surface area contributed by atoms with Crippen LogP contribution in [0.1, 0.15) is 32.2 Å². The predicted octanol–water partition coefficient (Wildman–Crippen LogP) is 4.34. The summed E-state index contributed by atoms with van der Waals surface area (Å²) >= 11 is 0. The molecule has 4 heteroatoms. The number of hydrogen-bond donors (Lipinski definition) is 0. The van der Waals surface area contributed by atoms with Crippen molar-refractivity contribution in [2.75, 3.05) is 0 Å². The van der Waals surface area contributed by atoms with Crippen molar-refractivity contribution < 1.29 is 20.1 Å². The largest absolute Gasteiger partial charge is 0.320 e. The number of aryl methyl sites for hydroxylation is 1. The maximum Gasteiger partial charge on any atom is 0.125 e. The first-order chi connectivity index (χ1) is 10.5. The maximum atomic E-state index is 4.32. The molecule has 0 N–H and O–H groups in total. The van der Waals surface area contributed by atoms with Gasteiger partial charge in [0.1, 0.15) is 5.82 Å². The number of benzene rings is 2. The molecule has 3 rings (SSSR count). The monoisotopic (exact) mass is 483 g/mol. The molecule has 0 saturated heterocycles. The molecule has 0 fully saturated rings. The molecule has 1 heterocycles. The molecule has 0 unspecified atom stereocenters. The van der Waals surface area contributed by atoms with Crippen molar-refractivity contribution in [1.82, 2.24) is 14.8 Å². The first-order valence-corrected chi connectivity index (χ1v) is 7.47. The van der Waals surface area contributed by atoms with Gasteiger partial charge < -0.3 is 4.57 Å². The molecule has 0 amide bonds. The summed E-state index contributed by atoms with van der Waals surface area (Å²) in [5.41, 5.74) is 3.48. The third-order valence-electron chi connectivity index (χ3n) is 3.77. The van der Waals surface area contributed by atoms with E-state index in [9.17, 15) is 0 Å². The van der Waals surface area contributed by atoms with Crippen LogP contribution in [0.15, 0.2) is 48.5 Å². The van der Waals surface area contributed by atoms with E-state index in [1.807, 2.05) is 31.2 Å². The Labute approximate surface area is 151 Å². The SMILES string of the molecule is Cc1nnc(-c2[c-]cccc2)n1-c1ccc(C(C)(C)C)cc1.[Ir]. The molecule has 0 atom stereocenters. The molecule has 23 heavy (non-hydrogen) atoms. The molecule has 0 bridgehead atoms. The molecule has 0 aliphatic carbocycles. The van der Waals surface area contributed by atoms with Gasteiger partial charge in [0.15, 0.2) is 0 Å². The summed E-state index contributed by atoms with van der Waals surface area (Å²) in [5.74, 6) is 1.69. The molecule has 121 valence electrons. The van der Waals surface area contributed by atoms with Gasteiger partial charge in [-0.1, -0.05) is 32.9 Å². The third kappa shape index (κ3) is 3.60. The molecule has 2 aromatic carbocycles. The zero-order chi connectivity index (χ0) is 15.7. The average molecular weight is 483 g/mol. The van der Waals surface area contributed by atoms with E-state index in [1.165, 1.54) is 5.56 Å². The van der Waals surface area contributed by atoms with Crippen LogP contribution in [0.3, 0.4) is 0 Å². The van der Waals surface area contributed by atoms with Crippen molar-refractivity contribution in [3.63, 3.8) is 0 Å². The molecule has 0 spiro atoms. The predicted molar refractivity (Wildman–Crippen MR) is 89.1 cm³/mol. The van der Waals surface area contributed by atoms with Crippen LogP contribution in [0.2, 0.25) is 0 Å². The Morgan fingerprint density at radius 1 is 0.957 bits per heavy atom. The van der Waals surface area contributed by atoms with Gasteiger partial charge in [0, 0.05) is 25.8 Å². The minimum absolute atomic E-state index is 0. The van der Waals surface area contributed by atoms with E-state index < -0.39 is 0 Å². The summed E-state index contributed by atoms with van der Waals surface area (Å²) in [6, 6.07) is 19.7. The smallest absolute Gasteiger partial charge is 0.125 e. The summed E-state index contributed by atoms with van der Waals surface area (Å²) in [5, 5.41) is 8.55. The van der Waals surface area contributed by atoms with Crippen molar-refractivity contribution in [2.24, 2.45) is 0 Å². The molecular formula is C19H20IrN3-. The van der Waals surface area contributed by atoms with Gasteiger partial charge in [-0.3, -0.25) is 0 Å². The van der Waals surface area contributed by atoms with E-state index in [2.05, 4.69) is 65.9 Å². The first-order valence-electron chi connectivity index (χ1n) is 7.47. The van der Waals surface area contributed by atoms with Crippen LogP contribution in [0.25, 0.3) is 17.1 Å². The van der Waals surface area contributed by atoms with Gasteiger partial charge in [-0.05, 0) is 30.0 Å². The van der Waals surface area contributed by atoms with Gasteiger partial charge >= 0.3 is 0 Å². The van der Waals surface area contributed by atoms with Crippen LogP contribution in [0, 0.1) is 13.0 Å². The van der Waals surface area contributed by atoms with Crippen LogP contribution in [-0.4, -0.2) is 14.8 Å². The van der Waals surface area contributed by atoms with Gasteiger partial charge in [0.2, 0.25) is 0 Å². The van der Waals surface area contributed by atoms with E-state index in [0.717, 1.165) is 22.9 Å². The van der Waals surface area contributed by atoms with Crippen LogP contribution in [0.4, 0.5) is 0 Å². The zero-order valence-corrected chi connectivity index (χ0v) is 16.2. The van der Waals surface area contributed by atoms with Gasteiger partial charge in [-0.15, -0.1) is 41.0 Å². The second-order valence-electron chi connectivity index (χ2n) is 6.48. The van der Waals surface area contributed by atoms with E-state index >= 15 is 0 Å². The second-order valence-corrected chi connectivity index (χ2v) is 6.48. The molecule has 0 aliphatic rings. The Kier molecular flexibility index (Phi) is 5.18. The van der Waals surface area contributed by atoms with Crippen LogP contribution >= 0.6 is 0 Å². The van der Waals surface area contributed by atoms with Crippen molar-refractivity contribution in [1.29, 1.82) is 0 Å². The minimum Gasteiger partial charge on any atom is -0.320 e. The molecule has 0 saturated carbocycles. The second kappa shape index (κ2) is 6.77. The van der Waals surface area contributed by atoms with E-state index in [-0.39, 0.29) is 25.5 Å². The number of rotatable bonds is 2. The molecule has 1 radical (unpaired) electrons. The Hall–Kier alpha value is -1.77. The fourth-order valence-corrected chi connectivity index (χ4v) is 2.49. The van der Waals surface area contributed by atoms with Crippen molar-refractivity contribution >= 4 is 0 Å². The number of aromatic nitrogens is 3.